The molecular weight excluding hydrogens is 397 g/mol. The van der Waals surface area contributed by atoms with E-state index in [0.29, 0.717) is 11.5 Å². The van der Waals surface area contributed by atoms with Crippen molar-refractivity contribution in [3.8, 4) is 5.75 Å². The van der Waals surface area contributed by atoms with Gasteiger partial charge in [-0.15, -0.1) is 11.3 Å². The average Bonchev–Trinajstić information content (AvgIpc) is 3.13. The van der Waals surface area contributed by atoms with E-state index < -0.39 is 11.7 Å². The van der Waals surface area contributed by atoms with Gasteiger partial charge < -0.3 is 14.8 Å². The summed E-state index contributed by atoms with van der Waals surface area (Å²) in [6.45, 7) is 2.47. The number of methoxy groups -OCH3 is 1. The molecule has 8 heteroatoms. The van der Waals surface area contributed by atoms with E-state index in [0.717, 1.165) is 10.9 Å². The molecule has 0 bridgehead atoms. The molecule has 2 rings (SSSR count). The second kappa shape index (κ2) is 11.4. The number of amides is 1. The van der Waals surface area contributed by atoms with Gasteiger partial charge in [-0.05, 0) is 31.2 Å². The Bertz CT molecular complexity index is 865. The van der Waals surface area contributed by atoms with Crippen LogP contribution >= 0.6 is 11.3 Å². The van der Waals surface area contributed by atoms with E-state index in [-0.39, 0.29) is 55.3 Å². The lowest BCUT2D eigenvalue weighted by molar-refractivity contribution is -0.122. The monoisotopic (exact) mass is 421 g/mol. The van der Waals surface area contributed by atoms with Crippen molar-refractivity contribution in [3.63, 3.8) is 0 Å². The van der Waals surface area contributed by atoms with Crippen LogP contribution in [-0.2, 0) is 14.3 Å². The topological polar surface area (TPSA) is 81.7 Å². The van der Waals surface area contributed by atoms with Crippen molar-refractivity contribution in [2.75, 3.05) is 25.6 Å². The Hall–Kier alpha value is -2.58. The lowest BCUT2D eigenvalue weighted by Crippen LogP contribution is -2.14. The minimum Gasteiger partial charge on any atom is -0.488 e. The lowest BCUT2D eigenvalue weighted by atomic mass is 10.1. The van der Waals surface area contributed by atoms with Gasteiger partial charge in [-0.3, -0.25) is 14.4 Å². The van der Waals surface area contributed by atoms with Crippen molar-refractivity contribution in [2.45, 2.75) is 32.6 Å². The highest BCUT2D eigenvalue weighted by Gasteiger charge is 2.13. The van der Waals surface area contributed by atoms with Gasteiger partial charge in [0, 0.05) is 49.4 Å². The predicted molar refractivity (Wildman–Crippen MR) is 109 cm³/mol. The number of hydrogen-bond donors (Lipinski definition) is 1. The van der Waals surface area contributed by atoms with E-state index in [1.165, 1.54) is 30.6 Å². The van der Waals surface area contributed by atoms with Crippen molar-refractivity contribution >= 4 is 34.5 Å². The minimum atomic E-state index is -0.600. The highest BCUT2D eigenvalue weighted by Crippen LogP contribution is 2.21. The highest BCUT2D eigenvalue weighted by molar-refractivity contribution is 7.14. The smallest absolute Gasteiger partial charge is 0.224 e. The third kappa shape index (κ3) is 7.75. The van der Waals surface area contributed by atoms with Gasteiger partial charge in [-0.2, -0.15) is 0 Å². The normalized spacial score (nSPS) is 10.6. The molecule has 6 nitrogen and oxygen atoms in total. The number of ketones is 2. The molecule has 156 valence electrons. The molecule has 1 aromatic heterocycles. The standard InChI is InChI=1S/C21H24FNO5S/c1-14-3-9-20(29-14)18(25)7-5-16(24)6-10-21(26)23-15-4-8-19(17(22)13-15)28-12-11-27-2/h3-4,8-9,13H,5-7,10-12H2,1-2H3,(H,23,26). The molecule has 0 radical (unpaired) electrons. The largest absolute Gasteiger partial charge is 0.488 e. The Morgan fingerprint density at radius 1 is 1.03 bits per heavy atom. The summed E-state index contributed by atoms with van der Waals surface area (Å²) in [6, 6.07) is 7.72. The number of nitrogens with one attached hydrogen (secondary N) is 1. The first-order chi connectivity index (χ1) is 13.9. The summed E-state index contributed by atoms with van der Waals surface area (Å²) in [4.78, 5) is 37.6. The van der Waals surface area contributed by atoms with Crippen LogP contribution in [0.5, 0.6) is 5.75 Å². The van der Waals surface area contributed by atoms with Gasteiger partial charge in [0.2, 0.25) is 5.91 Å². The molecule has 1 heterocycles. The van der Waals surface area contributed by atoms with E-state index in [4.69, 9.17) is 9.47 Å². The zero-order valence-corrected chi connectivity index (χ0v) is 17.3. The number of carbonyl (C=O) groups is 3. The number of ether oxygens (including phenoxy) is 2. The number of Topliss-reactive ketones (excluding diaryl/α,β-unsaturated/α-hetero) is 2. The van der Waals surface area contributed by atoms with Crippen LogP contribution in [-0.4, -0.2) is 37.8 Å². The number of rotatable bonds is 12. The molecule has 2 aromatic rings. The zero-order valence-electron chi connectivity index (χ0n) is 16.5. The maximum Gasteiger partial charge on any atom is 0.224 e. The van der Waals surface area contributed by atoms with Crippen LogP contribution < -0.4 is 10.1 Å². The first-order valence-electron chi connectivity index (χ1n) is 9.21. The van der Waals surface area contributed by atoms with Gasteiger partial charge in [0.15, 0.2) is 17.3 Å². The number of hydrogen-bond acceptors (Lipinski definition) is 6. The predicted octanol–water partition coefficient (Wildman–Crippen LogP) is 4.17. The lowest BCUT2D eigenvalue weighted by Gasteiger charge is -2.09. The first kappa shape index (κ1) is 22.7. The van der Waals surface area contributed by atoms with Gasteiger partial charge in [0.05, 0.1) is 11.5 Å². The van der Waals surface area contributed by atoms with Crippen LogP contribution in [0.15, 0.2) is 30.3 Å². The van der Waals surface area contributed by atoms with Crippen molar-refractivity contribution in [3.05, 3.63) is 45.9 Å². The molecule has 0 aliphatic heterocycles. The van der Waals surface area contributed by atoms with Gasteiger partial charge in [-0.1, -0.05) is 0 Å². The molecule has 1 amide bonds. The maximum atomic E-state index is 14.0. The van der Waals surface area contributed by atoms with Gasteiger partial charge in [-0.25, -0.2) is 4.39 Å². The first-order valence-corrected chi connectivity index (χ1v) is 10.0. The third-order valence-corrected chi connectivity index (χ3v) is 5.08. The fraction of sp³-hybridized carbons (Fsp3) is 0.381. The molecule has 29 heavy (non-hydrogen) atoms. The average molecular weight is 421 g/mol. The Labute approximate surface area is 173 Å². The van der Waals surface area contributed by atoms with Crippen molar-refractivity contribution in [2.24, 2.45) is 0 Å². The Morgan fingerprint density at radius 3 is 2.45 bits per heavy atom. The van der Waals surface area contributed by atoms with Crippen LogP contribution in [0.2, 0.25) is 0 Å². The van der Waals surface area contributed by atoms with E-state index in [9.17, 15) is 18.8 Å². The fourth-order valence-electron chi connectivity index (χ4n) is 2.49. The van der Waals surface area contributed by atoms with Crippen molar-refractivity contribution in [1.29, 1.82) is 0 Å². The highest BCUT2D eigenvalue weighted by atomic mass is 32.1. The Morgan fingerprint density at radius 2 is 1.79 bits per heavy atom. The fourth-order valence-corrected chi connectivity index (χ4v) is 3.33. The molecule has 0 unspecified atom stereocenters. The van der Waals surface area contributed by atoms with Crippen molar-refractivity contribution < 1.29 is 28.2 Å². The minimum absolute atomic E-state index is 0.0289. The van der Waals surface area contributed by atoms with Crippen LogP contribution in [0, 0.1) is 12.7 Å². The molecule has 0 fully saturated rings. The van der Waals surface area contributed by atoms with Gasteiger partial charge in [0.1, 0.15) is 12.4 Å². The quantitative estimate of drug-likeness (QED) is 0.411. The molecule has 1 aromatic carbocycles. The molecule has 0 aliphatic carbocycles. The van der Waals surface area contributed by atoms with E-state index in [1.807, 2.05) is 13.0 Å². The number of benzene rings is 1. The summed E-state index contributed by atoms with van der Waals surface area (Å²) in [5.74, 6) is -1.15. The summed E-state index contributed by atoms with van der Waals surface area (Å²) in [5.41, 5.74) is 0.280. The number of thiophene rings is 1. The zero-order chi connectivity index (χ0) is 21.2. The van der Waals surface area contributed by atoms with Crippen LogP contribution in [0.3, 0.4) is 0 Å². The van der Waals surface area contributed by atoms with Gasteiger partial charge in [0.25, 0.3) is 0 Å². The SMILES string of the molecule is COCCOc1ccc(NC(=O)CCC(=O)CCC(=O)c2ccc(C)s2)cc1F. The van der Waals surface area contributed by atoms with Crippen molar-refractivity contribution in [1.82, 2.24) is 0 Å². The summed E-state index contributed by atoms with van der Waals surface area (Å²) >= 11 is 1.40. The number of carbonyl (C=O) groups excluding carboxylic acids is 3. The Kier molecular flexibility index (Phi) is 8.95. The van der Waals surface area contributed by atoms with Crippen LogP contribution in [0.25, 0.3) is 0 Å². The number of halogens is 1. The number of anilines is 1. The second-order valence-electron chi connectivity index (χ2n) is 6.41. The van der Waals surface area contributed by atoms with Gasteiger partial charge >= 0.3 is 0 Å². The molecular formula is C21H24FNO5S. The van der Waals surface area contributed by atoms with Crippen LogP contribution in [0.1, 0.15) is 40.2 Å². The summed E-state index contributed by atoms with van der Waals surface area (Å²) in [6.07, 6.45) is 0.240. The summed E-state index contributed by atoms with van der Waals surface area (Å²) in [5, 5.41) is 2.55. The van der Waals surface area contributed by atoms with E-state index >= 15 is 0 Å². The second-order valence-corrected chi connectivity index (χ2v) is 7.69. The third-order valence-electron chi connectivity index (χ3n) is 4.04. The summed E-state index contributed by atoms with van der Waals surface area (Å²) in [7, 11) is 1.52. The van der Waals surface area contributed by atoms with E-state index in [2.05, 4.69) is 5.32 Å². The molecule has 1 N–H and O–H groups in total. The number of aryl methyl sites for hydroxylation is 1. The summed E-state index contributed by atoms with van der Waals surface area (Å²) < 4.78 is 24.0. The molecule has 0 spiro atoms. The Balaban J connectivity index is 1.72. The molecule has 0 saturated heterocycles. The molecule has 0 atom stereocenters. The molecule has 0 aliphatic rings. The van der Waals surface area contributed by atoms with E-state index in [1.54, 1.807) is 6.07 Å². The maximum absolute atomic E-state index is 14.0. The van der Waals surface area contributed by atoms with Crippen LogP contribution in [0.4, 0.5) is 10.1 Å². The molecule has 0 saturated carbocycles.